The molecule has 0 radical (unpaired) electrons. The van der Waals surface area contributed by atoms with Gasteiger partial charge in [0.15, 0.2) is 9.84 Å². The average Bonchev–Trinajstić information content (AvgIpc) is 2.03. The molecule has 13 heavy (non-hydrogen) atoms. The predicted molar refractivity (Wildman–Crippen MR) is 51.6 cm³/mol. The van der Waals surface area contributed by atoms with Crippen LogP contribution in [0.4, 0.5) is 0 Å². The molecule has 0 amide bonds. The molecule has 5 heteroatoms. The van der Waals surface area contributed by atoms with Gasteiger partial charge in [0.1, 0.15) is 0 Å². The first-order valence-electron chi connectivity index (χ1n) is 4.57. The van der Waals surface area contributed by atoms with E-state index in [0.717, 1.165) is 19.4 Å². The van der Waals surface area contributed by atoms with Gasteiger partial charge in [-0.15, -0.1) is 0 Å². The highest BCUT2D eigenvalue weighted by atomic mass is 32.2. The molecule has 0 saturated carbocycles. The minimum absolute atomic E-state index is 0.133. The third kappa shape index (κ3) is 4.06. The minimum atomic E-state index is -2.77. The number of ether oxygens (including phenoxy) is 1. The molecule has 1 aliphatic rings. The maximum Gasteiger partial charge on any atom is 0.151 e. The lowest BCUT2D eigenvalue weighted by Gasteiger charge is -2.22. The van der Waals surface area contributed by atoms with Gasteiger partial charge in [-0.2, -0.15) is 0 Å². The molecule has 0 aromatic heterocycles. The van der Waals surface area contributed by atoms with E-state index in [4.69, 9.17) is 4.74 Å². The zero-order chi connectivity index (χ0) is 9.73. The molecule has 1 N–H and O–H groups in total. The summed E-state index contributed by atoms with van der Waals surface area (Å²) in [5, 5.41) is 3.17. The van der Waals surface area contributed by atoms with Crippen molar-refractivity contribution < 1.29 is 13.2 Å². The van der Waals surface area contributed by atoms with Gasteiger partial charge in [-0.25, -0.2) is 8.42 Å². The van der Waals surface area contributed by atoms with Crippen LogP contribution in [0.15, 0.2) is 0 Å². The van der Waals surface area contributed by atoms with E-state index in [-0.39, 0.29) is 11.8 Å². The summed E-state index contributed by atoms with van der Waals surface area (Å²) in [5.41, 5.74) is 0. The van der Waals surface area contributed by atoms with Gasteiger partial charge in [0, 0.05) is 19.7 Å². The Morgan fingerprint density at radius 2 is 2.31 bits per heavy atom. The van der Waals surface area contributed by atoms with Gasteiger partial charge < -0.3 is 10.1 Å². The first kappa shape index (κ1) is 10.9. The number of rotatable bonds is 4. The molecule has 0 aromatic carbocycles. The fourth-order valence-corrected chi connectivity index (χ4v) is 3.22. The van der Waals surface area contributed by atoms with Crippen molar-refractivity contribution in [1.82, 2.24) is 5.32 Å². The van der Waals surface area contributed by atoms with Gasteiger partial charge >= 0.3 is 0 Å². The maximum absolute atomic E-state index is 11.2. The lowest BCUT2D eigenvalue weighted by atomic mass is 10.2. The number of hydrogen-bond acceptors (Lipinski definition) is 4. The molecule has 0 aliphatic carbocycles. The molecule has 4 nitrogen and oxygen atoms in total. The third-order valence-electron chi connectivity index (χ3n) is 2.20. The highest BCUT2D eigenvalue weighted by molar-refractivity contribution is 7.91. The normalized spacial score (nSPS) is 27.3. The van der Waals surface area contributed by atoms with Crippen LogP contribution in [0, 0.1) is 0 Å². The molecule has 1 unspecified atom stereocenters. The van der Waals surface area contributed by atoms with Gasteiger partial charge in [0.05, 0.1) is 18.1 Å². The van der Waals surface area contributed by atoms with Gasteiger partial charge in [0.2, 0.25) is 0 Å². The van der Waals surface area contributed by atoms with E-state index >= 15 is 0 Å². The Morgan fingerprint density at radius 1 is 1.54 bits per heavy atom. The van der Waals surface area contributed by atoms with Crippen molar-refractivity contribution >= 4 is 9.84 Å². The Kier molecular flexibility index (Phi) is 4.15. The molecular weight excluding hydrogens is 190 g/mol. The number of nitrogens with one attached hydrogen (secondary N) is 1. The molecule has 1 fully saturated rings. The first-order chi connectivity index (χ1) is 6.14. The van der Waals surface area contributed by atoms with Crippen LogP contribution < -0.4 is 5.32 Å². The fraction of sp³-hybridized carbons (Fsp3) is 1.00. The largest absolute Gasteiger partial charge is 0.383 e. The molecule has 1 saturated heterocycles. The second-order valence-electron chi connectivity index (χ2n) is 3.40. The van der Waals surface area contributed by atoms with E-state index in [1.165, 1.54) is 0 Å². The molecule has 1 aliphatic heterocycles. The van der Waals surface area contributed by atoms with Gasteiger partial charge in [-0.1, -0.05) is 0 Å². The zero-order valence-corrected chi connectivity index (χ0v) is 8.77. The number of hydrogen-bond donors (Lipinski definition) is 1. The minimum Gasteiger partial charge on any atom is -0.383 e. The maximum atomic E-state index is 11.2. The molecule has 0 bridgehead atoms. The van der Waals surface area contributed by atoms with Gasteiger partial charge in [0.25, 0.3) is 0 Å². The molecule has 1 heterocycles. The second-order valence-corrected chi connectivity index (χ2v) is 5.63. The fourth-order valence-electron chi connectivity index (χ4n) is 1.55. The quantitative estimate of drug-likeness (QED) is 0.649. The Morgan fingerprint density at radius 3 is 2.92 bits per heavy atom. The Labute approximate surface area is 79.6 Å². The lowest BCUT2D eigenvalue weighted by Crippen LogP contribution is -2.41. The van der Waals surface area contributed by atoms with E-state index in [1.54, 1.807) is 7.11 Å². The van der Waals surface area contributed by atoms with Crippen LogP contribution in [0.25, 0.3) is 0 Å². The number of sulfone groups is 1. The number of methoxy groups -OCH3 is 1. The smallest absolute Gasteiger partial charge is 0.151 e. The van der Waals surface area contributed by atoms with E-state index < -0.39 is 9.84 Å². The summed E-state index contributed by atoms with van der Waals surface area (Å²) in [6.45, 7) is 1.37. The first-order valence-corrected chi connectivity index (χ1v) is 6.39. The topological polar surface area (TPSA) is 55.4 Å². The SMILES string of the molecule is COCCNC1CCCS(=O)(=O)C1. The summed E-state index contributed by atoms with van der Waals surface area (Å²) in [6, 6.07) is 0.133. The third-order valence-corrected chi connectivity index (χ3v) is 4.02. The van der Waals surface area contributed by atoms with Crippen LogP contribution in [0.5, 0.6) is 0 Å². The van der Waals surface area contributed by atoms with E-state index in [2.05, 4.69) is 5.32 Å². The van der Waals surface area contributed by atoms with Crippen molar-refractivity contribution in [3.8, 4) is 0 Å². The van der Waals surface area contributed by atoms with Crippen molar-refractivity contribution in [2.24, 2.45) is 0 Å². The van der Waals surface area contributed by atoms with Crippen molar-refractivity contribution in [2.45, 2.75) is 18.9 Å². The Balaban J connectivity index is 2.27. The van der Waals surface area contributed by atoms with Gasteiger partial charge in [-0.05, 0) is 12.8 Å². The predicted octanol–water partition coefficient (Wildman–Crippen LogP) is -0.200. The molecule has 1 atom stereocenters. The van der Waals surface area contributed by atoms with Crippen molar-refractivity contribution in [3.63, 3.8) is 0 Å². The summed E-state index contributed by atoms with van der Waals surface area (Å²) < 4.78 is 27.3. The van der Waals surface area contributed by atoms with Crippen LogP contribution in [-0.4, -0.2) is 46.2 Å². The summed E-state index contributed by atoms with van der Waals surface area (Å²) in [7, 11) is -1.13. The van der Waals surface area contributed by atoms with E-state index in [0.29, 0.717) is 12.4 Å². The monoisotopic (exact) mass is 207 g/mol. The van der Waals surface area contributed by atoms with Crippen molar-refractivity contribution in [2.75, 3.05) is 31.8 Å². The lowest BCUT2D eigenvalue weighted by molar-refractivity contribution is 0.195. The molecule has 78 valence electrons. The molecule has 0 aromatic rings. The molecule has 0 spiro atoms. The van der Waals surface area contributed by atoms with Crippen molar-refractivity contribution in [1.29, 1.82) is 0 Å². The summed E-state index contributed by atoms with van der Waals surface area (Å²) in [6.07, 6.45) is 1.75. The van der Waals surface area contributed by atoms with Crippen LogP contribution in [0.2, 0.25) is 0 Å². The second kappa shape index (κ2) is 4.93. The molecular formula is C8H17NO3S. The highest BCUT2D eigenvalue weighted by Crippen LogP contribution is 2.11. The van der Waals surface area contributed by atoms with Crippen molar-refractivity contribution in [3.05, 3.63) is 0 Å². The van der Waals surface area contributed by atoms with Crippen LogP contribution in [-0.2, 0) is 14.6 Å². The van der Waals surface area contributed by atoms with E-state index in [9.17, 15) is 8.42 Å². The molecule has 1 rings (SSSR count). The van der Waals surface area contributed by atoms with Crippen LogP contribution in [0.1, 0.15) is 12.8 Å². The summed E-state index contributed by atoms with van der Waals surface area (Å²) in [5.74, 6) is 0.645. The highest BCUT2D eigenvalue weighted by Gasteiger charge is 2.23. The Hall–Kier alpha value is -0.130. The standard InChI is InChI=1S/C8H17NO3S/c1-12-5-4-9-8-3-2-6-13(10,11)7-8/h8-9H,2-7H2,1H3. The van der Waals surface area contributed by atoms with Crippen LogP contribution in [0.3, 0.4) is 0 Å². The van der Waals surface area contributed by atoms with E-state index in [1.807, 2.05) is 0 Å². The van der Waals surface area contributed by atoms with Gasteiger partial charge in [-0.3, -0.25) is 0 Å². The summed E-state index contributed by atoms with van der Waals surface area (Å²) in [4.78, 5) is 0. The van der Waals surface area contributed by atoms with Crippen LogP contribution >= 0.6 is 0 Å². The zero-order valence-electron chi connectivity index (χ0n) is 7.95. The average molecular weight is 207 g/mol. The summed E-state index contributed by atoms with van der Waals surface area (Å²) >= 11 is 0. The Bertz CT molecular complexity index is 238.